The summed E-state index contributed by atoms with van der Waals surface area (Å²) in [6.07, 6.45) is 2.60. The van der Waals surface area contributed by atoms with Gasteiger partial charge in [0.25, 0.3) is 0 Å². The van der Waals surface area contributed by atoms with Crippen LogP contribution in [-0.2, 0) is 0 Å². The molecular formula is C13H15FO2. The second-order valence-corrected chi connectivity index (χ2v) is 4.38. The van der Waals surface area contributed by atoms with Gasteiger partial charge in [-0.1, -0.05) is 0 Å². The zero-order valence-electron chi connectivity index (χ0n) is 9.03. The summed E-state index contributed by atoms with van der Waals surface area (Å²) < 4.78 is 12.7. The van der Waals surface area contributed by atoms with E-state index < -0.39 is 0 Å². The lowest BCUT2D eigenvalue weighted by molar-refractivity contribution is 0.0764. The predicted octanol–water partition coefficient (Wildman–Crippen LogP) is 2.56. The molecule has 0 spiro atoms. The zero-order valence-corrected chi connectivity index (χ0v) is 9.03. The summed E-state index contributed by atoms with van der Waals surface area (Å²) in [5.74, 6) is -0.253. The first-order chi connectivity index (χ1) is 7.66. The molecule has 2 nitrogen and oxygen atoms in total. The Morgan fingerprint density at radius 1 is 1.12 bits per heavy atom. The molecule has 1 aromatic rings. The lowest BCUT2D eigenvalue weighted by Crippen LogP contribution is -2.24. The molecule has 2 rings (SSSR count). The van der Waals surface area contributed by atoms with Crippen molar-refractivity contribution in [2.75, 3.05) is 0 Å². The highest BCUT2D eigenvalue weighted by Gasteiger charge is 2.25. The number of aliphatic hydroxyl groups excluding tert-OH is 1. The van der Waals surface area contributed by atoms with Crippen LogP contribution in [0.25, 0.3) is 0 Å². The lowest BCUT2D eigenvalue weighted by Gasteiger charge is -2.24. The Morgan fingerprint density at radius 2 is 1.69 bits per heavy atom. The van der Waals surface area contributed by atoms with Gasteiger partial charge in [0.2, 0.25) is 0 Å². The van der Waals surface area contributed by atoms with Crippen molar-refractivity contribution in [1.29, 1.82) is 0 Å². The molecule has 1 fully saturated rings. The Labute approximate surface area is 94.1 Å². The monoisotopic (exact) mass is 222 g/mol. The first-order valence-corrected chi connectivity index (χ1v) is 5.64. The molecule has 0 aliphatic heterocycles. The van der Waals surface area contributed by atoms with Crippen molar-refractivity contribution in [2.45, 2.75) is 31.8 Å². The highest BCUT2D eigenvalue weighted by molar-refractivity contribution is 5.97. The van der Waals surface area contributed by atoms with Crippen LogP contribution >= 0.6 is 0 Å². The summed E-state index contributed by atoms with van der Waals surface area (Å²) in [5.41, 5.74) is 0.572. The predicted molar refractivity (Wildman–Crippen MR) is 58.7 cm³/mol. The summed E-state index contributed by atoms with van der Waals surface area (Å²) >= 11 is 0. The molecule has 1 aliphatic carbocycles. The third-order valence-electron chi connectivity index (χ3n) is 3.20. The Balaban J connectivity index is 2.05. The van der Waals surface area contributed by atoms with Gasteiger partial charge in [0, 0.05) is 11.5 Å². The number of benzene rings is 1. The third-order valence-corrected chi connectivity index (χ3v) is 3.20. The van der Waals surface area contributed by atoms with Crippen LogP contribution < -0.4 is 0 Å². The molecule has 0 radical (unpaired) electrons. The van der Waals surface area contributed by atoms with E-state index in [1.54, 1.807) is 0 Å². The van der Waals surface area contributed by atoms with Crippen molar-refractivity contribution in [1.82, 2.24) is 0 Å². The van der Waals surface area contributed by atoms with E-state index in [2.05, 4.69) is 0 Å². The molecule has 0 amide bonds. The number of carbonyl (C=O) groups is 1. The van der Waals surface area contributed by atoms with E-state index in [9.17, 15) is 14.3 Å². The van der Waals surface area contributed by atoms with Crippen molar-refractivity contribution < 1.29 is 14.3 Å². The van der Waals surface area contributed by atoms with Gasteiger partial charge in [0.05, 0.1) is 6.10 Å². The number of hydrogen-bond donors (Lipinski definition) is 1. The highest BCUT2D eigenvalue weighted by atomic mass is 19.1. The standard InChI is InChI=1S/C13H15FO2/c14-11-5-1-9(2-6-11)13(16)10-3-7-12(15)8-4-10/h1-2,5-6,10,12,15H,3-4,7-8H2. The fourth-order valence-electron chi connectivity index (χ4n) is 2.19. The zero-order chi connectivity index (χ0) is 11.5. The lowest BCUT2D eigenvalue weighted by atomic mass is 9.82. The van der Waals surface area contributed by atoms with Gasteiger partial charge in [-0.05, 0) is 49.9 Å². The number of rotatable bonds is 2. The van der Waals surface area contributed by atoms with Gasteiger partial charge in [-0.25, -0.2) is 4.39 Å². The minimum Gasteiger partial charge on any atom is -0.393 e. The number of aliphatic hydroxyl groups is 1. The fraction of sp³-hybridized carbons (Fsp3) is 0.462. The third kappa shape index (κ3) is 2.47. The summed E-state index contributed by atoms with van der Waals surface area (Å²) in [6.45, 7) is 0. The molecule has 0 aromatic heterocycles. The van der Waals surface area contributed by atoms with Crippen molar-refractivity contribution in [2.24, 2.45) is 5.92 Å². The largest absolute Gasteiger partial charge is 0.393 e. The maximum Gasteiger partial charge on any atom is 0.165 e. The Kier molecular flexibility index (Phi) is 3.34. The van der Waals surface area contributed by atoms with Crippen LogP contribution in [-0.4, -0.2) is 17.0 Å². The molecule has 86 valence electrons. The Bertz CT molecular complexity index is 364. The summed E-state index contributed by atoms with van der Waals surface area (Å²) in [4.78, 5) is 12.0. The van der Waals surface area contributed by atoms with E-state index >= 15 is 0 Å². The van der Waals surface area contributed by atoms with E-state index in [4.69, 9.17) is 0 Å². The van der Waals surface area contributed by atoms with Crippen molar-refractivity contribution in [3.63, 3.8) is 0 Å². The molecule has 16 heavy (non-hydrogen) atoms. The molecule has 0 atom stereocenters. The van der Waals surface area contributed by atoms with Crippen LogP contribution in [0.2, 0.25) is 0 Å². The Morgan fingerprint density at radius 3 is 2.25 bits per heavy atom. The minimum atomic E-state index is -0.324. The van der Waals surface area contributed by atoms with Crippen LogP contribution in [0.1, 0.15) is 36.0 Å². The topological polar surface area (TPSA) is 37.3 Å². The molecule has 1 aromatic carbocycles. The second kappa shape index (κ2) is 4.74. The van der Waals surface area contributed by atoms with Gasteiger partial charge in [0.15, 0.2) is 5.78 Å². The molecule has 1 aliphatic rings. The molecule has 0 unspecified atom stereocenters. The van der Waals surface area contributed by atoms with Crippen LogP contribution in [0.4, 0.5) is 4.39 Å². The van der Waals surface area contributed by atoms with E-state index in [1.165, 1.54) is 24.3 Å². The van der Waals surface area contributed by atoms with Gasteiger partial charge in [0.1, 0.15) is 5.82 Å². The second-order valence-electron chi connectivity index (χ2n) is 4.38. The van der Waals surface area contributed by atoms with Gasteiger partial charge in [-0.3, -0.25) is 4.79 Å². The molecule has 1 saturated carbocycles. The summed E-state index contributed by atoms with van der Waals surface area (Å²) in [5, 5.41) is 9.35. The van der Waals surface area contributed by atoms with Gasteiger partial charge < -0.3 is 5.11 Å². The maximum atomic E-state index is 12.7. The van der Waals surface area contributed by atoms with Crippen LogP contribution in [0.15, 0.2) is 24.3 Å². The fourth-order valence-corrected chi connectivity index (χ4v) is 2.19. The van der Waals surface area contributed by atoms with Gasteiger partial charge >= 0.3 is 0 Å². The first-order valence-electron chi connectivity index (χ1n) is 5.64. The van der Waals surface area contributed by atoms with Gasteiger partial charge in [-0.2, -0.15) is 0 Å². The van der Waals surface area contributed by atoms with E-state index in [0.717, 1.165) is 12.8 Å². The molecular weight excluding hydrogens is 207 g/mol. The average molecular weight is 222 g/mol. The van der Waals surface area contributed by atoms with Crippen molar-refractivity contribution in [3.05, 3.63) is 35.6 Å². The summed E-state index contributed by atoms with van der Waals surface area (Å²) in [6, 6.07) is 5.68. The average Bonchev–Trinajstić information content (AvgIpc) is 2.30. The van der Waals surface area contributed by atoms with Gasteiger partial charge in [-0.15, -0.1) is 0 Å². The highest BCUT2D eigenvalue weighted by Crippen LogP contribution is 2.27. The first kappa shape index (κ1) is 11.3. The molecule has 0 saturated heterocycles. The molecule has 1 N–H and O–H groups in total. The molecule has 3 heteroatoms. The van der Waals surface area contributed by atoms with Crippen molar-refractivity contribution >= 4 is 5.78 Å². The van der Waals surface area contributed by atoms with E-state index in [0.29, 0.717) is 18.4 Å². The number of halogens is 1. The molecule has 0 heterocycles. The number of carbonyl (C=O) groups excluding carboxylic acids is 1. The number of ketones is 1. The van der Waals surface area contributed by atoms with Crippen LogP contribution in [0, 0.1) is 11.7 Å². The molecule has 0 bridgehead atoms. The maximum absolute atomic E-state index is 12.7. The smallest absolute Gasteiger partial charge is 0.165 e. The summed E-state index contributed by atoms with van der Waals surface area (Å²) in [7, 11) is 0. The van der Waals surface area contributed by atoms with E-state index in [-0.39, 0.29) is 23.6 Å². The van der Waals surface area contributed by atoms with Crippen LogP contribution in [0.5, 0.6) is 0 Å². The minimum absolute atomic E-state index is 0.00568. The van der Waals surface area contributed by atoms with E-state index in [1.807, 2.05) is 0 Å². The van der Waals surface area contributed by atoms with Crippen LogP contribution in [0.3, 0.4) is 0 Å². The SMILES string of the molecule is O=C(c1ccc(F)cc1)C1CCC(O)CC1. The number of Topliss-reactive ketones (excluding diaryl/α,β-unsaturated/α-hetero) is 1. The van der Waals surface area contributed by atoms with Crippen molar-refractivity contribution in [3.8, 4) is 0 Å². The quantitative estimate of drug-likeness (QED) is 0.781. The number of hydrogen-bond acceptors (Lipinski definition) is 2. The Hall–Kier alpha value is -1.22. The normalized spacial score (nSPS) is 25.4.